The summed E-state index contributed by atoms with van der Waals surface area (Å²) in [5, 5.41) is 9.37. The van der Waals surface area contributed by atoms with E-state index in [1.807, 2.05) is 6.92 Å². The third kappa shape index (κ3) is 2.96. The molecule has 3 N–H and O–H groups in total. The molecule has 4 nitrogen and oxygen atoms in total. The fourth-order valence-electron chi connectivity index (χ4n) is 1.81. The van der Waals surface area contributed by atoms with Crippen molar-refractivity contribution in [2.24, 2.45) is 11.7 Å². The van der Waals surface area contributed by atoms with Crippen molar-refractivity contribution in [2.45, 2.75) is 38.8 Å². The van der Waals surface area contributed by atoms with Crippen molar-refractivity contribution < 1.29 is 9.90 Å². The van der Waals surface area contributed by atoms with Crippen LogP contribution < -0.4 is 5.73 Å². The number of nitrogens with two attached hydrogens (primary N) is 1. The average molecular weight is 200 g/mol. The van der Waals surface area contributed by atoms with Gasteiger partial charge >= 0.3 is 0 Å². The lowest BCUT2D eigenvalue weighted by Crippen LogP contribution is -2.34. The Morgan fingerprint density at radius 3 is 2.71 bits per heavy atom. The first kappa shape index (κ1) is 11.5. The molecule has 1 heterocycles. The zero-order valence-corrected chi connectivity index (χ0v) is 8.94. The fourth-order valence-corrected chi connectivity index (χ4v) is 1.81. The number of hydrogen-bond acceptors (Lipinski definition) is 3. The number of carbonyl (C=O) groups is 1. The highest BCUT2D eigenvalue weighted by Crippen LogP contribution is 2.20. The van der Waals surface area contributed by atoms with Gasteiger partial charge in [-0.3, -0.25) is 4.79 Å². The highest BCUT2D eigenvalue weighted by Gasteiger charge is 2.28. The largest absolute Gasteiger partial charge is 0.393 e. The van der Waals surface area contributed by atoms with Crippen molar-refractivity contribution in [2.75, 3.05) is 13.1 Å². The second-order valence-corrected chi connectivity index (χ2v) is 4.31. The van der Waals surface area contributed by atoms with E-state index in [0.29, 0.717) is 13.0 Å². The Labute approximate surface area is 85.1 Å². The topological polar surface area (TPSA) is 66.6 Å². The van der Waals surface area contributed by atoms with Gasteiger partial charge in [0.05, 0.1) is 6.10 Å². The number of amides is 1. The van der Waals surface area contributed by atoms with E-state index in [1.54, 1.807) is 11.8 Å². The van der Waals surface area contributed by atoms with Gasteiger partial charge in [-0.15, -0.1) is 0 Å². The first-order chi connectivity index (χ1) is 6.50. The second kappa shape index (κ2) is 4.75. The van der Waals surface area contributed by atoms with Crippen LogP contribution in [-0.2, 0) is 4.79 Å². The molecule has 0 aliphatic carbocycles. The summed E-state index contributed by atoms with van der Waals surface area (Å²) < 4.78 is 0. The maximum Gasteiger partial charge on any atom is 0.224 e. The lowest BCUT2D eigenvalue weighted by molar-refractivity contribution is -0.130. The molecule has 1 amide bonds. The number of likely N-dealkylation sites (tertiary alicyclic amines) is 1. The SMILES string of the molecule is CC(N)CC(=O)N1CCC(C(C)O)C1. The Kier molecular flexibility index (Phi) is 3.89. The van der Waals surface area contributed by atoms with Gasteiger partial charge in [0.25, 0.3) is 0 Å². The van der Waals surface area contributed by atoms with E-state index < -0.39 is 0 Å². The molecule has 1 fully saturated rings. The first-order valence-corrected chi connectivity index (χ1v) is 5.22. The number of carbonyl (C=O) groups excluding carboxylic acids is 1. The summed E-state index contributed by atoms with van der Waals surface area (Å²) in [4.78, 5) is 13.4. The van der Waals surface area contributed by atoms with Crippen LogP contribution in [0.4, 0.5) is 0 Å². The molecular weight excluding hydrogens is 180 g/mol. The molecule has 0 spiro atoms. The quantitative estimate of drug-likeness (QED) is 0.671. The molecule has 0 saturated carbocycles. The molecule has 0 radical (unpaired) electrons. The highest BCUT2D eigenvalue weighted by molar-refractivity contribution is 5.77. The van der Waals surface area contributed by atoms with Crippen LogP contribution in [0.15, 0.2) is 0 Å². The predicted molar refractivity (Wildman–Crippen MR) is 54.6 cm³/mol. The minimum absolute atomic E-state index is 0.0758. The monoisotopic (exact) mass is 200 g/mol. The molecule has 0 aromatic rings. The number of hydrogen-bond donors (Lipinski definition) is 2. The lowest BCUT2D eigenvalue weighted by atomic mass is 10.0. The van der Waals surface area contributed by atoms with Crippen molar-refractivity contribution in [3.8, 4) is 0 Å². The molecule has 82 valence electrons. The molecule has 14 heavy (non-hydrogen) atoms. The van der Waals surface area contributed by atoms with E-state index in [4.69, 9.17) is 5.73 Å². The van der Waals surface area contributed by atoms with Crippen molar-refractivity contribution in [3.63, 3.8) is 0 Å². The van der Waals surface area contributed by atoms with Gasteiger partial charge in [-0.05, 0) is 20.3 Å². The van der Waals surface area contributed by atoms with Gasteiger partial charge in [-0.1, -0.05) is 0 Å². The van der Waals surface area contributed by atoms with Crippen molar-refractivity contribution in [3.05, 3.63) is 0 Å². The predicted octanol–water partition coefficient (Wildman–Crippen LogP) is -0.0470. The van der Waals surface area contributed by atoms with Crippen LogP contribution in [-0.4, -0.2) is 41.1 Å². The summed E-state index contributed by atoms with van der Waals surface area (Å²) in [6.45, 7) is 5.06. The van der Waals surface area contributed by atoms with Crippen LogP contribution in [0.5, 0.6) is 0 Å². The first-order valence-electron chi connectivity index (χ1n) is 5.22. The minimum Gasteiger partial charge on any atom is -0.393 e. The molecule has 3 unspecified atom stereocenters. The number of aliphatic hydroxyl groups is 1. The smallest absolute Gasteiger partial charge is 0.224 e. The normalized spacial score (nSPS) is 26.3. The van der Waals surface area contributed by atoms with E-state index in [-0.39, 0.29) is 24.0 Å². The molecule has 1 saturated heterocycles. The van der Waals surface area contributed by atoms with Crippen LogP contribution in [0.2, 0.25) is 0 Å². The van der Waals surface area contributed by atoms with Crippen LogP contribution in [0.1, 0.15) is 26.7 Å². The van der Waals surface area contributed by atoms with Crippen LogP contribution in [0, 0.1) is 5.92 Å². The van der Waals surface area contributed by atoms with Gasteiger partial charge < -0.3 is 15.7 Å². The maximum absolute atomic E-state index is 11.6. The number of aliphatic hydroxyl groups excluding tert-OH is 1. The summed E-state index contributed by atoms with van der Waals surface area (Å²) >= 11 is 0. The van der Waals surface area contributed by atoms with Gasteiger partial charge in [0.2, 0.25) is 5.91 Å². The third-order valence-corrected chi connectivity index (χ3v) is 2.76. The summed E-state index contributed by atoms with van der Waals surface area (Å²) in [6, 6.07) is -0.0758. The number of nitrogens with zero attached hydrogens (tertiary/aromatic N) is 1. The Morgan fingerprint density at radius 2 is 2.29 bits per heavy atom. The standard InChI is InChI=1S/C10H20N2O2/c1-7(11)5-10(14)12-4-3-9(6-12)8(2)13/h7-9,13H,3-6,11H2,1-2H3. The Morgan fingerprint density at radius 1 is 1.64 bits per heavy atom. The molecule has 1 aliphatic heterocycles. The number of rotatable bonds is 3. The fraction of sp³-hybridized carbons (Fsp3) is 0.900. The molecule has 4 heteroatoms. The Bertz CT molecular complexity index is 204. The van der Waals surface area contributed by atoms with E-state index in [0.717, 1.165) is 13.0 Å². The van der Waals surface area contributed by atoms with E-state index in [2.05, 4.69) is 0 Å². The van der Waals surface area contributed by atoms with Gasteiger partial charge in [-0.2, -0.15) is 0 Å². The summed E-state index contributed by atoms with van der Waals surface area (Å²) in [7, 11) is 0. The van der Waals surface area contributed by atoms with Gasteiger partial charge in [0.1, 0.15) is 0 Å². The molecule has 3 atom stereocenters. The molecule has 0 aromatic heterocycles. The van der Waals surface area contributed by atoms with E-state index in [1.165, 1.54) is 0 Å². The molecular formula is C10H20N2O2. The van der Waals surface area contributed by atoms with Crippen LogP contribution in [0.25, 0.3) is 0 Å². The molecule has 0 bridgehead atoms. The minimum atomic E-state index is -0.317. The van der Waals surface area contributed by atoms with Gasteiger partial charge in [0.15, 0.2) is 0 Å². The van der Waals surface area contributed by atoms with Gasteiger partial charge in [-0.25, -0.2) is 0 Å². The van der Waals surface area contributed by atoms with E-state index in [9.17, 15) is 9.90 Å². The van der Waals surface area contributed by atoms with Crippen molar-refractivity contribution in [1.29, 1.82) is 0 Å². The zero-order chi connectivity index (χ0) is 10.7. The average Bonchev–Trinajstić information content (AvgIpc) is 2.50. The highest BCUT2D eigenvalue weighted by atomic mass is 16.3. The zero-order valence-electron chi connectivity index (χ0n) is 8.94. The molecule has 1 rings (SSSR count). The lowest BCUT2D eigenvalue weighted by Gasteiger charge is -2.18. The maximum atomic E-state index is 11.6. The van der Waals surface area contributed by atoms with Crippen molar-refractivity contribution >= 4 is 5.91 Å². The Hall–Kier alpha value is -0.610. The van der Waals surface area contributed by atoms with E-state index >= 15 is 0 Å². The third-order valence-electron chi connectivity index (χ3n) is 2.76. The van der Waals surface area contributed by atoms with Crippen LogP contribution >= 0.6 is 0 Å². The molecule has 0 aromatic carbocycles. The summed E-state index contributed by atoms with van der Waals surface area (Å²) in [6.07, 6.45) is 0.998. The Balaban J connectivity index is 2.38. The van der Waals surface area contributed by atoms with Gasteiger partial charge in [0, 0.05) is 31.5 Å². The molecule has 1 aliphatic rings. The summed E-state index contributed by atoms with van der Waals surface area (Å²) in [5.41, 5.74) is 5.56. The van der Waals surface area contributed by atoms with Crippen molar-refractivity contribution in [1.82, 2.24) is 4.90 Å². The summed E-state index contributed by atoms with van der Waals surface area (Å²) in [5.74, 6) is 0.357. The van der Waals surface area contributed by atoms with Crippen LogP contribution in [0.3, 0.4) is 0 Å². The second-order valence-electron chi connectivity index (χ2n) is 4.31.